The highest BCUT2D eigenvalue weighted by Crippen LogP contribution is 1.97. The molecule has 0 saturated heterocycles. The first-order valence-corrected chi connectivity index (χ1v) is 3.31. The van der Waals surface area contributed by atoms with Crippen molar-refractivity contribution in [2.45, 2.75) is 20.8 Å². The van der Waals surface area contributed by atoms with Gasteiger partial charge < -0.3 is 5.43 Å². The SMILES string of the molecule is C/C=N\C(NNC)=C(C)C. The second-order valence-corrected chi connectivity index (χ2v) is 2.11. The monoisotopic (exact) mass is 141 g/mol. The average Bonchev–Trinajstić information content (AvgIpc) is 1.87. The number of hydrogen-bond acceptors (Lipinski definition) is 3. The lowest BCUT2D eigenvalue weighted by Gasteiger charge is -2.05. The molecule has 3 heteroatoms. The smallest absolute Gasteiger partial charge is 0.138 e. The van der Waals surface area contributed by atoms with Crippen LogP contribution in [0.15, 0.2) is 16.4 Å². The zero-order valence-electron chi connectivity index (χ0n) is 7.02. The number of nitrogens with one attached hydrogen (secondary N) is 2. The molecule has 0 saturated carbocycles. The number of nitrogens with zero attached hydrogens (tertiary/aromatic N) is 1. The highest BCUT2D eigenvalue weighted by atomic mass is 15.4. The van der Waals surface area contributed by atoms with E-state index in [1.807, 2.05) is 27.8 Å². The van der Waals surface area contributed by atoms with E-state index in [1.54, 1.807) is 6.21 Å². The maximum absolute atomic E-state index is 4.09. The molecule has 10 heavy (non-hydrogen) atoms. The fraction of sp³-hybridized carbons (Fsp3) is 0.571. The Balaban J connectivity index is 4.13. The third-order valence-corrected chi connectivity index (χ3v) is 0.975. The number of rotatable bonds is 3. The third-order valence-electron chi connectivity index (χ3n) is 0.975. The van der Waals surface area contributed by atoms with Gasteiger partial charge in [0.25, 0.3) is 0 Å². The van der Waals surface area contributed by atoms with Gasteiger partial charge in [-0.25, -0.2) is 10.4 Å². The van der Waals surface area contributed by atoms with Crippen molar-refractivity contribution in [1.29, 1.82) is 0 Å². The van der Waals surface area contributed by atoms with Crippen LogP contribution in [0.4, 0.5) is 0 Å². The van der Waals surface area contributed by atoms with Gasteiger partial charge in [0.2, 0.25) is 0 Å². The van der Waals surface area contributed by atoms with Crippen LogP contribution in [0.2, 0.25) is 0 Å². The minimum absolute atomic E-state index is 0.880. The van der Waals surface area contributed by atoms with E-state index in [0.29, 0.717) is 0 Å². The van der Waals surface area contributed by atoms with Crippen molar-refractivity contribution in [2.24, 2.45) is 4.99 Å². The van der Waals surface area contributed by atoms with Gasteiger partial charge in [-0.15, -0.1) is 0 Å². The summed E-state index contributed by atoms with van der Waals surface area (Å²) in [5.41, 5.74) is 6.89. The zero-order chi connectivity index (χ0) is 7.98. The van der Waals surface area contributed by atoms with Crippen molar-refractivity contribution >= 4 is 6.21 Å². The van der Waals surface area contributed by atoms with Crippen molar-refractivity contribution in [1.82, 2.24) is 10.9 Å². The van der Waals surface area contributed by atoms with Crippen LogP contribution in [-0.4, -0.2) is 13.3 Å². The van der Waals surface area contributed by atoms with Gasteiger partial charge in [0.15, 0.2) is 0 Å². The summed E-state index contributed by atoms with van der Waals surface area (Å²) in [5, 5.41) is 0. The normalized spacial score (nSPS) is 10.0. The minimum atomic E-state index is 0.880. The first-order chi connectivity index (χ1) is 4.72. The second kappa shape index (κ2) is 4.99. The van der Waals surface area contributed by atoms with Gasteiger partial charge in [-0.2, -0.15) is 0 Å². The molecule has 0 aliphatic rings. The topological polar surface area (TPSA) is 36.4 Å². The van der Waals surface area contributed by atoms with Crippen molar-refractivity contribution < 1.29 is 0 Å². The molecular weight excluding hydrogens is 126 g/mol. The summed E-state index contributed by atoms with van der Waals surface area (Å²) in [6, 6.07) is 0. The summed E-state index contributed by atoms with van der Waals surface area (Å²) < 4.78 is 0. The van der Waals surface area contributed by atoms with E-state index in [2.05, 4.69) is 15.8 Å². The maximum Gasteiger partial charge on any atom is 0.138 e. The number of aliphatic imine (C=N–C) groups is 1. The van der Waals surface area contributed by atoms with Crippen LogP contribution in [0.3, 0.4) is 0 Å². The number of hydrogen-bond donors (Lipinski definition) is 2. The first kappa shape index (κ1) is 9.17. The largest absolute Gasteiger partial charge is 0.306 e. The van der Waals surface area contributed by atoms with Gasteiger partial charge in [0.05, 0.1) is 0 Å². The summed E-state index contributed by atoms with van der Waals surface area (Å²) in [4.78, 5) is 4.09. The lowest BCUT2D eigenvalue weighted by molar-refractivity contribution is 0.675. The Morgan fingerprint density at radius 3 is 2.30 bits per heavy atom. The Labute approximate surface area is 62.2 Å². The predicted molar refractivity (Wildman–Crippen MR) is 44.7 cm³/mol. The molecule has 3 nitrogen and oxygen atoms in total. The lowest BCUT2D eigenvalue weighted by Crippen LogP contribution is -2.26. The molecule has 0 unspecified atom stereocenters. The van der Waals surface area contributed by atoms with Crippen LogP contribution in [0, 0.1) is 0 Å². The first-order valence-electron chi connectivity index (χ1n) is 3.31. The van der Waals surface area contributed by atoms with Crippen molar-refractivity contribution in [3.8, 4) is 0 Å². The Bertz CT molecular complexity index is 143. The van der Waals surface area contributed by atoms with Crippen LogP contribution in [-0.2, 0) is 0 Å². The Hall–Kier alpha value is -0.830. The molecule has 2 N–H and O–H groups in total. The van der Waals surface area contributed by atoms with Gasteiger partial charge in [-0.1, -0.05) is 0 Å². The molecule has 0 aromatic heterocycles. The van der Waals surface area contributed by atoms with Crippen LogP contribution < -0.4 is 10.9 Å². The summed E-state index contributed by atoms with van der Waals surface area (Å²) >= 11 is 0. The van der Waals surface area contributed by atoms with Crippen molar-refractivity contribution in [3.05, 3.63) is 11.4 Å². The van der Waals surface area contributed by atoms with E-state index in [0.717, 1.165) is 11.4 Å². The molecule has 0 atom stereocenters. The fourth-order valence-electron chi connectivity index (χ4n) is 0.534. The third kappa shape index (κ3) is 3.25. The second-order valence-electron chi connectivity index (χ2n) is 2.11. The molecule has 0 spiro atoms. The standard InChI is InChI=1S/C7H15N3/c1-5-9-7(6(2)3)10-8-4/h5,8,10H,1-4H3/b9-5-. The molecule has 0 aromatic rings. The van der Waals surface area contributed by atoms with E-state index in [9.17, 15) is 0 Å². The molecule has 0 bridgehead atoms. The van der Waals surface area contributed by atoms with Gasteiger partial charge in [-0.3, -0.25) is 0 Å². The van der Waals surface area contributed by atoms with Gasteiger partial charge in [-0.05, 0) is 26.3 Å². The molecule has 0 heterocycles. The van der Waals surface area contributed by atoms with E-state index in [1.165, 1.54) is 0 Å². The van der Waals surface area contributed by atoms with Crippen LogP contribution in [0.25, 0.3) is 0 Å². The number of allylic oxidation sites excluding steroid dienone is 1. The van der Waals surface area contributed by atoms with Gasteiger partial charge >= 0.3 is 0 Å². The minimum Gasteiger partial charge on any atom is -0.306 e. The Morgan fingerprint density at radius 1 is 1.40 bits per heavy atom. The van der Waals surface area contributed by atoms with Crippen LogP contribution >= 0.6 is 0 Å². The molecule has 0 aromatic carbocycles. The molecular formula is C7H15N3. The summed E-state index contributed by atoms with van der Waals surface area (Å²) in [6.45, 7) is 5.90. The molecule has 0 radical (unpaired) electrons. The summed E-state index contributed by atoms with van der Waals surface area (Å²) in [6.07, 6.45) is 1.76. The number of hydrazine groups is 1. The van der Waals surface area contributed by atoms with Crippen LogP contribution in [0.5, 0.6) is 0 Å². The Morgan fingerprint density at radius 2 is 2.00 bits per heavy atom. The summed E-state index contributed by atoms with van der Waals surface area (Å²) in [5.74, 6) is 0.880. The van der Waals surface area contributed by atoms with E-state index in [4.69, 9.17) is 0 Å². The van der Waals surface area contributed by atoms with E-state index >= 15 is 0 Å². The van der Waals surface area contributed by atoms with Crippen molar-refractivity contribution in [2.75, 3.05) is 7.05 Å². The zero-order valence-corrected chi connectivity index (χ0v) is 7.02. The Kier molecular flexibility index (Phi) is 4.58. The average molecular weight is 141 g/mol. The molecule has 0 rings (SSSR count). The van der Waals surface area contributed by atoms with E-state index in [-0.39, 0.29) is 0 Å². The van der Waals surface area contributed by atoms with Crippen LogP contribution in [0.1, 0.15) is 20.8 Å². The summed E-state index contributed by atoms with van der Waals surface area (Å²) in [7, 11) is 1.81. The highest BCUT2D eigenvalue weighted by molar-refractivity contribution is 5.55. The van der Waals surface area contributed by atoms with Gasteiger partial charge in [0.1, 0.15) is 5.82 Å². The molecule has 0 fully saturated rings. The quantitative estimate of drug-likeness (QED) is 0.455. The highest BCUT2D eigenvalue weighted by Gasteiger charge is 1.90. The fourth-order valence-corrected chi connectivity index (χ4v) is 0.534. The van der Waals surface area contributed by atoms with Crippen molar-refractivity contribution in [3.63, 3.8) is 0 Å². The molecule has 0 amide bonds. The molecule has 0 aliphatic heterocycles. The van der Waals surface area contributed by atoms with E-state index < -0.39 is 0 Å². The predicted octanol–water partition coefficient (Wildman–Crippen LogP) is 1.05. The molecule has 58 valence electrons. The maximum atomic E-state index is 4.09. The lowest BCUT2D eigenvalue weighted by atomic mass is 10.3. The van der Waals surface area contributed by atoms with Gasteiger partial charge in [0, 0.05) is 13.3 Å². The molecule has 0 aliphatic carbocycles.